The minimum atomic E-state index is -0.489. The Balaban J connectivity index is 2.14. The van der Waals surface area contributed by atoms with E-state index < -0.39 is 5.60 Å². The second-order valence-corrected chi connectivity index (χ2v) is 6.94. The number of ether oxygens (including phenoxy) is 2. The number of rotatable bonds is 6. The smallest absolute Gasteiger partial charge is 0.150 e. The first-order valence-corrected chi connectivity index (χ1v) is 8.18. The lowest BCUT2D eigenvalue weighted by molar-refractivity contribution is 0.0514. The van der Waals surface area contributed by atoms with Gasteiger partial charge in [-0.2, -0.15) is 0 Å². The highest BCUT2D eigenvalue weighted by molar-refractivity contribution is 5.81. The van der Waals surface area contributed by atoms with Crippen LogP contribution >= 0.6 is 0 Å². The van der Waals surface area contributed by atoms with Crippen molar-refractivity contribution in [3.8, 4) is 11.5 Å². The molecule has 0 N–H and O–H groups in total. The third-order valence-electron chi connectivity index (χ3n) is 4.22. The molecule has 0 aromatic heterocycles. The number of carbonyl (C=O) groups excluding carboxylic acids is 1. The van der Waals surface area contributed by atoms with E-state index >= 15 is 0 Å². The molecule has 2 aromatic carbocycles. The summed E-state index contributed by atoms with van der Waals surface area (Å²) in [6, 6.07) is 9.91. The lowest BCUT2D eigenvalue weighted by Gasteiger charge is -2.28. The minimum Gasteiger partial charge on any atom is -0.489 e. The monoisotopic (exact) mass is 326 g/mol. The number of carbonyl (C=O) groups is 1. The molecule has 3 nitrogen and oxygen atoms in total. The van der Waals surface area contributed by atoms with Gasteiger partial charge >= 0.3 is 0 Å². The molecule has 0 aliphatic rings. The number of benzene rings is 2. The molecule has 0 aliphatic carbocycles. The van der Waals surface area contributed by atoms with Crippen LogP contribution in [0, 0.1) is 27.7 Å². The van der Waals surface area contributed by atoms with Gasteiger partial charge in [0.2, 0.25) is 0 Å². The molecule has 128 valence electrons. The Hall–Kier alpha value is -2.29. The molecule has 0 aliphatic heterocycles. The van der Waals surface area contributed by atoms with E-state index in [0.717, 1.165) is 40.0 Å². The van der Waals surface area contributed by atoms with Crippen molar-refractivity contribution in [1.29, 1.82) is 0 Å². The fourth-order valence-corrected chi connectivity index (χ4v) is 2.57. The molecule has 0 unspecified atom stereocenters. The number of aldehydes is 1. The van der Waals surface area contributed by atoms with Crippen molar-refractivity contribution in [1.82, 2.24) is 0 Å². The molecule has 0 amide bonds. The van der Waals surface area contributed by atoms with E-state index in [0.29, 0.717) is 6.61 Å². The van der Waals surface area contributed by atoms with E-state index in [9.17, 15) is 4.79 Å². The van der Waals surface area contributed by atoms with Gasteiger partial charge in [-0.1, -0.05) is 17.7 Å². The summed E-state index contributed by atoms with van der Waals surface area (Å²) in [5.41, 5.74) is 4.35. The topological polar surface area (TPSA) is 35.5 Å². The Morgan fingerprint density at radius 2 is 1.62 bits per heavy atom. The van der Waals surface area contributed by atoms with E-state index in [2.05, 4.69) is 0 Å². The summed E-state index contributed by atoms with van der Waals surface area (Å²) < 4.78 is 12.1. The van der Waals surface area contributed by atoms with Gasteiger partial charge in [0.1, 0.15) is 23.7 Å². The van der Waals surface area contributed by atoms with Crippen molar-refractivity contribution in [2.75, 3.05) is 6.61 Å². The zero-order chi connectivity index (χ0) is 17.9. The Morgan fingerprint density at radius 1 is 1.00 bits per heavy atom. The molecule has 0 atom stereocenters. The first-order valence-electron chi connectivity index (χ1n) is 8.18. The first-order chi connectivity index (χ1) is 11.2. The predicted molar refractivity (Wildman–Crippen MR) is 97.4 cm³/mol. The third kappa shape index (κ3) is 4.16. The Morgan fingerprint density at radius 3 is 2.21 bits per heavy atom. The maximum Gasteiger partial charge on any atom is 0.150 e. The molecule has 0 heterocycles. The van der Waals surface area contributed by atoms with Gasteiger partial charge < -0.3 is 9.47 Å². The first kappa shape index (κ1) is 18.1. The predicted octanol–water partition coefficient (Wildman–Crippen LogP) is 4.97. The minimum absolute atomic E-state index is 0.434. The summed E-state index contributed by atoms with van der Waals surface area (Å²) in [5.74, 6) is 1.63. The molecule has 2 rings (SSSR count). The largest absolute Gasteiger partial charge is 0.489 e. The fourth-order valence-electron chi connectivity index (χ4n) is 2.57. The van der Waals surface area contributed by atoms with Crippen LogP contribution in [-0.4, -0.2) is 18.5 Å². The van der Waals surface area contributed by atoms with Gasteiger partial charge in [0.25, 0.3) is 0 Å². The summed E-state index contributed by atoms with van der Waals surface area (Å²) in [7, 11) is 0. The summed E-state index contributed by atoms with van der Waals surface area (Å²) in [5, 5.41) is 0. The van der Waals surface area contributed by atoms with E-state index in [1.165, 1.54) is 5.56 Å². The Kier molecular flexibility index (Phi) is 5.33. The number of aryl methyl sites for hydroxylation is 2. The lowest BCUT2D eigenvalue weighted by atomic mass is 9.98. The molecule has 3 heteroatoms. The molecular formula is C21H26O3. The van der Waals surface area contributed by atoms with Crippen LogP contribution in [0.5, 0.6) is 11.5 Å². The molecule has 0 bridgehead atoms. The summed E-state index contributed by atoms with van der Waals surface area (Å²) in [6.45, 7) is 12.3. The van der Waals surface area contributed by atoms with Gasteiger partial charge in [-0.3, -0.25) is 4.79 Å². The van der Waals surface area contributed by atoms with E-state index in [-0.39, 0.29) is 0 Å². The van der Waals surface area contributed by atoms with Crippen molar-refractivity contribution < 1.29 is 14.3 Å². The van der Waals surface area contributed by atoms with Crippen LogP contribution in [0.25, 0.3) is 0 Å². The van der Waals surface area contributed by atoms with Crippen LogP contribution in [0.2, 0.25) is 0 Å². The van der Waals surface area contributed by atoms with E-state index in [4.69, 9.17) is 9.47 Å². The third-order valence-corrected chi connectivity index (χ3v) is 4.22. The summed E-state index contributed by atoms with van der Waals surface area (Å²) >= 11 is 0. The van der Waals surface area contributed by atoms with Crippen molar-refractivity contribution in [2.24, 2.45) is 0 Å². The van der Waals surface area contributed by atoms with Gasteiger partial charge in [-0.05, 0) is 76.4 Å². The van der Waals surface area contributed by atoms with Crippen molar-refractivity contribution >= 4 is 6.29 Å². The van der Waals surface area contributed by atoms with Crippen LogP contribution in [0.4, 0.5) is 0 Å². The van der Waals surface area contributed by atoms with Crippen LogP contribution in [0.1, 0.15) is 46.5 Å². The highest BCUT2D eigenvalue weighted by Gasteiger charge is 2.23. The Labute approximate surface area is 144 Å². The highest BCUT2D eigenvalue weighted by Crippen LogP contribution is 2.30. The normalized spacial score (nSPS) is 11.2. The molecule has 0 fully saturated rings. The van der Waals surface area contributed by atoms with E-state index in [1.54, 1.807) is 0 Å². The quantitative estimate of drug-likeness (QED) is 0.703. The second-order valence-electron chi connectivity index (χ2n) is 6.94. The SMILES string of the molecule is Cc1ccc(OCC(C)(C)Oc2cc(C)c(C=O)c(C)c2C)cc1. The maximum absolute atomic E-state index is 11.2. The van der Waals surface area contributed by atoms with Gasteiger partial charge in [0.05, 0.1) is 0 Å². The van der Waals surface area contributed by atoms with Crippen molar-refractivity contribution in [3.05, 3.63) is 58.1 Å². The molecule has 0 spiro atoms. The van der Waals surface area contributed by atoms with E-state index in [1.807, 2.05) is 71.9 Å². The van der Waals surface area contributed by atoms with Gasteiger partial charge in [-0.15, -0.1) is 0 Å². The molecule has 0 radical (unpaired) electrons. The molecular weight excluding hydrogens is 300 g/mol. The van der Waals surface area contributed by atoms with Crippen LogP contribution in [0.15, 0.2) is 30.3 Å². The molecule has 0 saturated carbocycles. The van der Waals surface area contributed by atoms with Crippen molar-refractivity contribution in [2.45, 2.75) is 47.1 Å². The zero-order valence-electron chi connectivity index (χ0n) is 15.4. The van der Waals surface area contributed by atoms with Crippen LogP contribution in [-0.2, 0) is 0 Å². The Bertz CT molecular complexity index is 728. The average molecular weight is 326 g/mol. The standard InChI is InChI=1S/C21H26O3/c1-14-7-9-18(10-8-14)23-13-21(5,6)24-20-11-15(2)19(12-22)16(3)17(20)4/h7-12H,13H2,1-6H3. The van der Waals surface area contributed by atoms with Crippen molar-refractivity contribution in [3.63, 3.8) is 0 Å². The van der Waals surface area contributed by atoms with Crippen LogP contribution in [0.3, 0.4) is 0 Å². The number of hydrogen-bond acceptors (Lipinski definition) is 3. The van der Waals surface area contributed by atoms with Gasteiger partial charge in [-0.25, -0.2) is 0 Å². The molecule has 2 aromatic rings. The summed E-state index contributed by atoms with van der Waals surface area (Å²) in [6.07, 6.45) is 0.910. The maximum atomic E-state index is 11.2. The van der Waals surface area contributed by atoms with Gasteiger partial charge in [0, 0.05) is 5.56 Å². The molecule has 24 heavy (non-hydrogen) atoms. The summed E-state index contributed by atoms with van der Waals surface area (Å²) in [4.78, 5) is 11.2. The lowest BCUT2D eigenvalue weighted by Crippen LogP contribution is -2.36. The second kappa shape index (κ2) is 7.08. The average Bonchev–Trinajstić information content (AvgIpc) is 2.52. The molecule has 0 saturated heterocycles. The van der Waals surface area contributed by atoms with Gasteiger partial charge in [0.15, 0.2) is 6.29 Å². The van der Waals surface area contributed by atoms with Crippen LogP contribution < -0.4 is 9.47 Å². The zero-order valence-corrected chi connectivity index (χ0v) is 15.4. The number of hydrogen-bond donors (Lipinski definition) is 0. The highest BCUT2D eigenvalue weighted by atomic mass is 16.5. The fraction of sp³-hybridized carbons (Fsp3) is 0.381.